The summed E-state index contributed by atoms with van der Waals surface area (Å²) >= 11 is 11.0. The normalized spacial score (nSPS) is 10.2. The second kappa shape index (κ2) is 4.68. The fourth-order valence-electron chi connectivity index (χ4n) is 0.888. The van der Waals surface area contributed by atoms with E-state index in [0.29, 0.717) is 5.88 Å². The van der Waals surface area contributed by atoms with Crippen molar-refractivity contribution < 1.29 is 4.39 Å². The Hall–Kier alpha value is -0.270. The Morgan fingerprint density at radius 1 is 1.42 bits per heavy atom. The molecular formula is C9H8Cl2F. The molecule has 65 valence electrons. The second-order valence-corrected chi connectivity index (χ2v) is 3.11. The summed E-state index contributed by atoms with van der Waals surface area (Å²) in [6, 6.07) is 4.67. The molecule has 1 radical (unpaired) electrons. The van der Waals surface area contributed by atoms with Gasteiger partial charge in [0.25, 0.3) is 0 Å². The lowest BCUT2D eigenvalue weighted by atomic mass is 10.1. The van der Waals surface area contributed by atoms with Crippen molar-refractivity contribution in [3.05, 3.63) is 41.0 Å². The molecule has 3 heteroatoms. The van der Waals surface area contributed by atoms with Crippen LogP contribution in [0.4, 0.5) is 4.39 Å². The largest absolute Gasteiger partial charge is 0.205 e. The van der Waals surface area contributed by atoms with E-state index in [2.05, 4.69) is 0 Å². The Morgan fingerprint density at radius 2 is 2.17 bits per heavy atom. The van der Waals surface area contributed by atoms with Crippen LogP contribution in [0.5, 0.6) is 0 Å². The van der Waals surface area contributed by atoms with Gasteiger partial charge in [-0.15, -0.1) is 11.6 Å². The molecule has 0 atom stereocenters. The van der Waals surface area contributed by atoms with E-state index < -0.39 is 0 Å². The summed E-state index contributed by atoms with van der Waals surface area (Å²) in [6.07, 6.45) is 2.62. The van der Waals surface area contributed by atoms with Crippen molar-refractivity contribution in [1.29, 1.82) is 0 Å². The van der Waals surface area contributed by atoms with Crippen molar-refractivity contribution >= 4 is 23.2 Å². The predicted molar refractivity (Wildman–Crippen MR) is 50.1 cm³/mol. The van der Waals surface area contributed by atoms with Crippen molar-refractivity contribution in [2.45, 2.75) is 6.42 Å². The van der Waals surface area contributed by atoms with Crippen molar-refractivity contribution in [3.63, 3.8) is 0 Å². The zero-order valence-electron chi connectivity index (χ0n) is 6.36. The SMILES string of the molecule is Fc1ccc(C[CH]CCl)cc1Cl. The van der Waals surface area contributed by atoms with Gasteiger partial charge in [0.15, 0.2) is 0 Å². The molecule has 0 nitrogen and oxygen atoms in total. The summed E-state index contributed by atoms with van der Waals surface area (Å²) in [4.78, 5) is 0. The van der Waals surface area contributed by atoms with Crippen LogP contribution in [0.1, 0.15) is 5.56 Å². The molecular weight excluding hydrogens is 198 g/mol. The van der Waals surface area contributed by atoms with Crippen LogP contribution in [0, 0.1) is 12.2 Å². The lowest BCUT2D eigenvalue weighted by molar-refractivity contribution is 0.627. The molecule has 0 aliphatic rings. The number of hydrogen-bond acceptors (Lipinski definition) is 0. The Kier molecular flexibility index (Phi) is 3.83. The highest BCUT2D eigenvalue weighted by molar-refractivity contribution is 6.30. The van der Waals surface area contributed by atoms with E-state index >= 15 is 0 Å². The van der Waals surface area contributed by atoms with Crippen LogP contribution in [-0.4, -0.2) is 5.88 Å². The highest BCUT2D eigenvalue weighted by Gasteiger charge is 1.99. The molecule has 0 amide bonds. The van der Waals surface area contributed by atoms with E-state index in [0.717, 1.165) is 12.0 Å². The van der Waals surface area contributed by atoms with E-state index in [4.69, 9.17) is 23.2 Å². The first-order valence-corrected chi connectivity index (χ1v) is 4.47. The third-order valence-corrected chi connectivity index (χ3v) is 1.98. The summed E-state index contributed by atoms with van der Waals surface area (Å²) in [6.45, 7) is 0. The van der Waals surface area contributed by atoms with Crippen LogP contribution < -0.4 is 0 Å². The predicted octanol–water partition coefficient (Wildman–Crippen LogP) is 3.46. The van der Waals surface area contributed by atoms with Gasteiger partial charge in [0.2, 0.25) is 0 Å². The van der Waals surface area contributed by atoms with E-state index in [1.807, 2.05) is 6.42 Å². The summed E-state index contributed by atoms with van der Waals surface area (Å²) in [5, 5.41) is 0.162. The quantitative estimate of drug-likeness (QED) is 0.664. The highest BCUT2D eigenvalue weighted by Crippen LogP contribution is 2.16. The van der Waals surface area contributed by atoms with Crippen LogP contribution in [0.15, 0.2) is 18.2 Å². The van der Waals surface area contributed by atoms with Crippen LogP contribution in [0.3, 0.4) is 0 Å². The minimum Gasteiger partial charge on any atom is -0.205 e. The van der Waals surface area contributed by atoms with Gasteiger partial charge in [-0.05, 0) is 30.5 Å². The first-order valence-electron chi connectivity index (χ1n) is 3.55. The molecule has 1 aromatic carbocycles. The molecule has 0 spiro atoms. The molecule has 0 aliphatic heterocycles. The van der Waals surface area contributed by atoms with E-state index in [1.54, 1.807) is 12.1 Å². The van der Waals surface area contributed by atoms with E-state index in [9.17, 15) is 4.39 Å². The average molecular weight is 206 g/mol. The molecule has 0 bridgehead atoms. The lowest BCUT2D eigenvalue weighted by Crippen LogP contribution is -1.88. The lowest BCUT2D eigenvalue weighted by Gasteiger charge is -1.99. The Balaban J connectivity index is 2.69. The fraction of sp³-hybridized carbons (Fsp3) is 0.222. The monoisotopic (exact) mass is 205 g/mol. The van der Waals surface area contributed by atoms with Gasteiger partial charge in [0, 0.05) is 5.88 Å². The number of hydrogen-bond donors (Lipinski definition) is 0. The Labute approximate surface area is 81.3 Å². The highest BCUT2D eigenvalue weighted by atomic mass is 35.5. The molecule has 0 heterocycles. The van der Waals surface area contributed by atoms with Crippen LogP contribution in [0.25, 0.3) is 0 Å². The standard InChI is InChI=1S/C9H8Cl2F/c10-5-1-2-7-3-4-9(12)8(11)6-7/h1,3-4,6H,2,5H2. The number of rotatable bonds is 3. The molecule has 1 aromatic rings. The van der Waals surface area contributed by atoms with Gasteiger partial charge in [-0.3, -0.25) is 0 Å². The smallest absolute Gasteiger partial charge is 0.141 e. The van der Waals surface area contributed by atoms with Gasteiger partial charge >= 0.3 is 0 Å². The first kappa shape index (κ1) is 9.82. The molecule has 12 heavy (non-hydrogen) atoms. The van der Waals surface area contributed by atoms with Crippen LogP contribution in [-0.2, 0) is 6.42 Å². The number of benzene rings is 1. The Morgan fingerprint density at radius 3 is 2.75 bits per heavy atom. The van der Waals surface area contributed by atoms with Crippen molar-refractivity contribution in [2.75, 3.05) is 5.88 Å². The fourth-order valence-corrected chi connectivity index (χ4v) is 1.20. The van der Waals surface area contributed by atoms with Crippen LogP contribution in [0.2, 0.25) is 5.02 Å². The van der Waals surface area contributed by atoms with Crippen molar-refractivity contribution in [2.24, 2.45) is 0 Å². The van der Waals surface area contributed by atoms with E-state index in [1.165, 1.54) is 6.07 Å². The third-order valence-electron chi connectivity index (χ3n) is 1.47. The summed E-state index contributed by atoms with van der Waals surface area (Å²) in [5.74, 6) is 0.112. The molecule has 0 saturated heterocycles. The maximum atomic E-state index is 12.7. The molecule has 0 aliphatic carbocycles. The average Bonchev–Trinajstić information content (AvgIpc) is 2.07. The third kappa shape index (κ3) is 2.65. The molecule has 0 unspecified atom stereocenters. The van der Waals surface area contributed by atoms with Gasteiger partial charge in [0.1, 0.15) is 5.82 Å². The first-order chi connectivity index (χ1) is 5.74. The number of halogens is 3. The maximum absolute atomic E-state index is 12.7. The zero-order chi connectivity index (χ0) is 8.97. The number of alkyl halides is 1. The molecule has 1 rings (SSSR count). The zero-order valence-corrected chi connectivity index (χ0v) is 7.87. The summed E-state index contributed by atoms with van der Waals surface area (Å²) < 4.78 is 12.7. The minimum atomic E-state index is -0.383. The van der Waals surface area contributed by atoms with Crippen molar-refractivity contribution in [1.82, 2.24) is 0 Å². The maximum Gasteiger partial charge on any atom is 0.141 e. The molecule has 0 saturated carbocycles. The minimum absolute atomic E-state index is 0.162. The van der Waals surface area contributed by atoms with Crippen LogP contribution >= 0.6 is 23.2 Å². The van der Waals surface area contributed by atoms with Gasteiger partial charge in [-0.1, -0.05) is 17.7 Å². The molecule has 0 fully saturated rings. The van der Waals surface area contributed by atoms with Gasteiger partial charge in [-0.2, -0.15) is 0 Å². The Bertz CT molecular complexity index is 261. The topological polar surface area (TPSA) is 0 Å². The second-order valence-electron chi connectivity index (χ2n) is 2.40. The van der Waals surface area contributed by atoms with E-state index in [-0.39, 0.29) is 10.8 Å². The van der Waals surface area contributed by atoms with Gasteiger partial charge in [-0.25, -0.2) is 4.39 Å². The summed E-state index contributed by atoms with van der Waals surface area (Å²) in [7, 11) is 0. The van der Waals surface area contributed by atoms with Gasteiger partial charge in [0.05, 0.1) is 5.02 Å². The molecule has 0 aromatic heterocycles. The van der Waals surface area contributed by atoms with Crippen molar-refractivity contribution in [3.8, 4) is 0 Å². The van der Waals surface area contributed by atoms with Gasteiger partial charge < -0.3 is 0 Å². The summed E-state index contributed by atoms with van der Waals surface area (Å²) in [5.41, 5.74) is 0.974. The molecule has 0 N–H and O–H groups in total.